The van der Waals surface area contributed by atoms with Gasteiger partial charge in [-0.25, -0.2) is 8.42 Å². The van der Waals surface area contributed by atoms with Crippen molar-refractivity contribution >= 4 is 39.6 Å². The highest BCUT2D eigenvalue weighted by molar-refractivity contribution is 7.90. The number of carbonyl (C=O) groups is 5. The number of hydrogen-bond acceptors (Lipinski definition) is 8. The average Bonchev–Trinajstić information content (AvgIpc) is 4.01. The van der Waals surface area contributed by atoms with Crippen molar-refractivity contribution in [2.45, 2.75) is 198 Å². The van der Waals surface area contributed by atoms with Gasteiger partial charge in [-0.3, -0.25) is 33.6 Å². The van der Waals surface area contributed by atoms with Crippen LogP contribution in [0.5, 0.6) is 0 Å². The molecule has 6 atom stereocenters. The van der Waals surface area contributed by atoms with E-state index in [1.54, 1.807) is 4.90 Å². The first-order valence-electron chi connectivity index (χ1n) is 23.9. The highest BCUT2D eigenvalue weighted by Gasteiger charge is 2.85. The highest BCUT2D eigenvalue weighted by atomic mass is 32.2. The molecule has 0 aromatic heterocycles. The molecule has 8 aliphatic rings. The summed E-state index contributed by atoms with van der Waals surface area (Å²) in [4.78, 5) is 76.7. The molecule has 8 rings (SSSR count). The van der Waals surface area contributed by atoms with Gasteiger partial charge in [0, 0.05) is 24.5 Å². The second kappa shape index (κ2) is 16.4. The van der Waals surface area contributed by atoms with Gasteiger partial charge in [-0.15, -0.1) is 0 Å². The lowest BCUT2D eigenvalue weighted by molar-refractivity contribution is -0.144. The van der Waals surface area contributed by atoms with Crippen LogP contribution >= 0.6 is 0 Å². The Kier molecular flexibility index (Phi) is 12.0. The third kappa shape index (κ3) is 8.04. The topological polar surface area (TPSA) is 174 Å². The van der Waals surface area contributed by atoms with E-state index in [1.807, 2.05) is 20.8 Å². The quantitative estimate of drug-likeness (QED) is 0.191. The lowest BCUT2D eigenvalue weighted by atomic mass is 9.73. The predicted octanol–water partition coefficient (Wildman–Crippen LogP) is 4.93. The Morgan fingerprint density at radius 1 is 0.733 bits per heavy atom. The SMILES string of the molecule is CC(C)(C)[C@H](NC(=O)[C@@H]1CCCN(C2CCC2)C1)C(=O)N[C@H](C(=O)N1C[C@]2(C[C@H]1C(=O)N[C@@H](CC1CCC1)C(=O)NS(=O)(=O)C1CC1)C(C)(C)C21CCC1)C1CCCCC1. The van der Waals surface area contributed by atoms with Crippen molar-refractivity contribution in [1.82, 2.24) is 30.5 Å². The van der Waals surface area contributed by atoms with Crippen LogP contribution in [0.1, 0.15) is 163 Å². The molecule has 2 heterocycles. The molecule has 336 valence electrons. The Bertz CT molecular complexity index is 1790. The van der Waals surface area contributed by atoms with Gasteiger partial charge in [0.2, 0.25) is 33.7 Å². The van der Waals surface area contributed by atoms with Crippen LogP contribution < -0.4 is 20.7 Å². The molecule has 0 radical (unpaired) electrons. The number of likely N-dealkylation sites (tertiary alicyclic amines) is 2. The van der Waals surface area contributed by atoms with Crippen molar-refractivity contribution in [3.63, 3.8) is 0 Å². The number of piperidine rings is 1. The van der Waals surface area contributed by atoms with Gasteiger partial charge in [0.25, 0.3) is 5.91 Å². The summed E-state index contributed by atoms with van der Waals surface area (Å²) >= 11 is 0. The molecule has 6 saturated carbocycles. The van der Waals surface area contributed by atoms with Crippen molar-refractivity contribution in [2.75, 3.05) is 19.6 Å². The number of nitrogens with zero attached hydrogens (tertiary/aromatic N) is 2. The Morgan fingerprint density at radius 2 is 1.42 bits per heavy atom. The molecule has 0 unspecified atom stereocenters. The number of sulfonamides is 1. The Labute approximate surface area is 358 Å². The minimum Gasteiger partial charge on any atom is -0.344 e. The van der Waals surface area contributed by atoms with Crippen molar-refractivity contribution in [1.29, 1.82) is 0 Å². The molecule has 14 heteroatoms. The van der Waals surface area contributed by atoms with Crippen molar-refractivity contribution in [3.05, 3.63) is 0 Å². The van der Waals surface area contributed by atoms with Crippen LogP contribution in [0.25, 0.3) is 0 Å². The fraction of sp³-hybridized carbons (Fsp3) is 0.891. The first-order chi connectivity index (χ1) is 28.4. The molecule has 2 aliphatic heterocycles. The predicted molar refractivity (Wildman–Crippen MR) is 228 cm³/mol. The lowest BCUT2D eigenvalue weighted by Gasteiger charge is -2.42. The summed E-state index contributed by atoms with van der Waals surface area (Å²) < 4.78 is 28.1. The maximum absolute atomic E-state index is 15.4. The van der Waals surface area contributed by atoms with E-state index < -0.39 is 56.7 Å². The maximum atomic E-state index is 15.4. The van der Waals surface area contributed by atoms with Gasteiger partial charge in [-0.2, -0.15) is 0 Å². The molecule has 6 aliphatic carbocycles. The maximum Gasteiger partial charge on any atom is 0.256 e. The van der Waals surface area contributed by atoms with E-state index in [-0.39, 0.29) is 51.7 Å². The summed E-state index contributed by atoms with van der Waals surface area (Å²) in [6.45, 7) is 12.5. The van der Waals surface area contributed by atoms with Gasteiger partial charge in [0.15, 0.2) is 0 Å². The number of nitrogens with one attached hydrogen (secondary N) is 4. The second-order valence-electron chi connectivity index (χ2n) is 22.2. The number of hydrogen-bond donors (Lipinski definition) is 4. The van der Waals surface area contributed by atoms with Crippen molar-refractivity contribution in [2.24, 2.45) is 39.4 Å². The monoisotopic (exact) mass is 855 g/mol. The highest BCUT2D eigenvalue weighted by Crippen LogP contribution is 2.88. The van der Waals surface area contributed by atoms with Gasteiger partial charge in [-0.1, -0.05) is 86.0 Å². The van der Waals surface area contributed by atoms with E-state index in [0.717, 1.165) is 90.0 Å². The average molecular weight is 855 g/mol. The zero-order chi connectivity index (χ0) is 42.8. The number of carbonyl (C=O) groups excluding carboxylic acids is 5. The van der Waals surface area contributed by atoms with E-state index in [0.29, 0.717) is 44.8 Å². The van der Waals surface area contributed by atoms with E-state index in [2.05, 4.69) is 39.4 Å². The van der Waals surface area contributed by atoms with Gasteiger partial charge in [-0.05, 0) is 112 Å². The van der Waals surface area contributed by atoms with Crippen LogP contribution in [-0.4, -0.2) is 103 Å². The van der Waals surface area contributed by atoms with Crippen molar-refractivity contribution in [3.8, 4) is 0 Å². The molecule has 2 spiro atoms. The summed E-state index contributed by atoms with van der Waals surface area (Å²) in [7, 11) is -3.83. The smallest absolute Gasteiger partial charge is 0.256 e. The standard InChI is InChI=1S/C46H74N6O7S/c1-43(2,3)37(49-38(53)31-17-11-24-51(27-31)32-18-10-19-32)41(56)48-36(30-15-7-6-8-16-30)42(57)52-28-46(44(4,5)45(46)22-12-23-45)26-35(52)40(55)47-34(25-29-13-9-14-29)39(54)50-60(58,59)33-20-21-33/h29-37H,6-28H2,1-5H3,(H,47,55)(H,48,56)(H,49,53)(H,50,54)/t31-,34+,35+,36+,37-,46-/m1/s1. The van der Waals surface area contributed by atoms with Gasteiger partial charge < -0.3 is 20.9 Å². The Hall–Kier alpha value is -2.74. The first kappa shape index (κ1) is 43.9. The molecule has 0 bridgehead atoms. The first-order valence-corrected chi connectivity index (χ1v) is 25.4. The summed E-state index contributed by atoms with van der Waals surface area (Å²) in [6, 6.07) is -3.12. The zero-order valence-corrected chi connectivity index (χ0v) is 37.9. The van der Waals surface area contributed by atoms with Crippen LogP contribution in [0.4, 0.5) is 0 Å². The van der Waals surface area contributed by atoms with E-state index >= 15 is 4.79 Å². The molecular weight excluding hydrogens is 781 g/mol. The zero-order valence-electron chi connectivity index (χ0n) is 37.1. The van der Waals surface area contributed by atoms with Gasteiger partial charge >= 0.3 is 0 Å². The molecule has 13 nitrogen and oxygen atoms in total. The van der Waals surface area contributed by atoms with Gasteiger partial charge in [0.1, 0.15) is 24.2 Å². The molecule has 8 fully saturated rings. The van der Waals surface area contributed by atoms with E-state index in [9.17, 15) is 27.6 Å². The Balaban J connectivity index is 1.04. The second-order valence-corrected chi connectivity index (χ2v) is 24.2. The molecule has 4 N–H and O–H groups in total. The minimum absolute atomic E-state index is 0.0210. The number of amides is 5. The normalized spacial score (nSPS) is 30.9. The van der Waals surface area contributed by atoms with Crippen LogP contribution in [-0.2, 0) is 34.0 Å². The molecular formula is C46H74N6O7S. The van der Waals surface area contributed by atoms with E-state index in [4.69, 9.17) is 0 Å². The van der Waals surface area contributed by atoms with Gasteiger partial charge in [0.05, 0.1) is 11.2 Å². The van der Waals surface area contributed by atoms with Crippen LogP contribution in [0.15, 0.2) is 0 Å². The largest absolute Gasteiger partial charge is 0.344 e. The fourth-order valence-corrected chi connectivity index (χ4v) is 14.1. The minimum atomic E-state index is -3.83. The third-order valence-electron chi connectivity index (χ3n) is 17.5. The fourth-order valence-electron chi connectivity index (χ4n) is 12.8. The molecule has 2 saturated heterocycles. The molecule has 0 aromatic carbocycles. The number of rotatable bonds is 14. The molecule has 60 heavy (non-hydrogen) atoms. The van der Waals surface area contributed by atoms with Crippen LogP contribution in [0.3, 0.4) is 0 Å². The number of fused-ring (bicyclic) bond motifs is 1. The summed E-state index contributed by atoms with van der Waals surface area (Å²) in [5, 5.41) is 8.81. The molecule has 5 amide bonds. The van der Waals surface area contributed by atoms with Crippen LogP contribution in [0, 0.1) is 39.4 Å². The van der Waals surface area contributed by atoms with Crippen molar-refractivity contribution < 1.29 is 32.4 Å². The van der Waals surface area contributed by atoms with Crippen LogP contribution in [0.2, 0.25) is 0 Å². The summed E-state index contributed by atoms with van der Waals surface area (Å²) in [5.74, 6) is -2.02. The lowest BCUT2D eigenvalue weighted by Crippen LogP contribution is -2.62. The summed E-state index contributed by atoms with van der Waals surface area (Å²) in [5.41, 5.74) is -1.01. The van der Waals surface area contributed by atoms with E-state index in [1.165, 1.54) is 19.3 Å². The molecule has 0 aromatic rings. The third-order valence-corrected chi connectivity index (χ3v) is 19.4. The Morgan fingerprint density at radius 3 is 1.97 bits per heavy atom. The summed E-state index contributed by atoms with van der Waals surface area (Å²) in [6.07, 6.45) is 17.7.